The third-order valence-corrected chi connectivity index (χ3v) is 5.75. The average Bonchev–Trinajstić information content (AvgIpc) is 3.09. The zero-order valence-electron chi connectivity index (χ0n) is 18.6. The van der Waals surface area contributed by atoms with Crippen molar-refractivity contribution in [2.75, 3.05) is 27.9 Å². The number of carbonyl (C=O) groups excluding carboxylic acids is 1. The fourth-order valence-electron chi connectivity index (χ4n) is 3.17. The van der Waals surface area contributed by atoms with E-state index in [0.717, 1.165) is 5.56 Å². The van der Waals surface area contributed by atoms with Gasteiger partial charge in [-0.2, -0.15) is 0 Å². The van der Waals surface area contributed by atoms with Crippen molar-refractivity contribution in [3.8, 4) is 17.2 Å². The molecule has 0 atom stereocenters. The molecule has 0 saturated carbocycles. The minimum atomic E-state index is -0.632. The van der Waals surface area contributed by atoms with E-state index >= 15 is 0 Å². The summed E-state index contributed by atoms with van der Waals surface area (Å²) >= 11 is 1.18. The summed E-state index contributed by atoms with van der Waals surface area (Å²) in [5, 5.41) is 11.3. The number of thioether (sulfide) groups is 1. The summed E-state index contributed by atoms with van der Waals surface area (Å²) < 4.78 is 21.5. The van der Waals surface area contributed by atoms with Gasteiger partial charge in [0.25, 0.3) is 0 Å². The molecule has 0 amide bonds. The van der Waals surface area contributed by atoms with Gasteiger partial charge in [-0.15, -0.1) is 0 Å². The van der Waals surface area contributed by atoms with Gasteiger partial charge in [-0.05, 0) is 43.7 Å². The number of ether oxygens (including phenoxy) is 4. The highest BCUT2D eigenvalue weighted by Crippen LogP contribution is 2.44. The monoisotopic (exact) mass is 455 g/mol. The first-order chi connectivity index (χ1) is 15.4. The second-order valence-electron chi connectivity index (χ2n) is 6.68. The lowest BCUT2D eigenvalue weighted by molar-refractivity contribution is -0.138. The van der Waals surface area contributed by atoms with Crippen LogP contribution in [0.5, 0.6) is 17.2 Å². The van der Waals surface area contributed by atoms with Crippen LogP contribution in [0.2, 0.25) is 0 Å². The standard InChI is InChI=1S/C24H25NO6S/c1-6-31-24(27)19-20(26)18(32-23(19)25-16-10-8-7-9-14(16)2)13-15-11-12-17(28-3)22(30-5)21(15)29-4/h7-13,26H,6H2,1-5H3. The van der Waals surface area contributed by atoms with Crippen molar-refractivity contribution in [1.29, 1.82) is 0 Å². The molecule has 8 heteroatoms. The first-order valence-electron chi connectivity index (χ1n) is 9.89. The van der Waals surface area contributed by atoms with Crippen LogP contribution in [0.3, 0.4) is 0 Å². The third kappa shape index (κ3) is 4.60. The Bertz CT molecular complexity index is 1120. The SMILES string of the molecule is CCOC(=O)C1=C(O)C(=Cc2ccc(OC)c(OC)c2OC)SC1=Nc1ccccc1C. The minimum Gasteiger partial charge on any atom is -0.506 e. The van der Waals surface area contributed by atoms with Crippen LogP contribution in [-0.4, -0.2) is 44.1 Å². The highest BCUT2D eigenvalue weighted by molar-refractivity contribution is 8.18. The van der Waals surface area contributed by atoms with Crippen molar-refractivity contribution in [2.45, 2.75) is 13.8 Å². The van der Waals surface area contributed by atoms with Crippen molar-refractivity contribution in [1.82, 2.24) is 0 Å². The Morgan fingerprint density at radius 1 is 1.06 bits per heavy atom. The van der Waals surface area contributed by atoms with Crippen LogP contribution in [0.15, 0.2) is 57.6 Å². The molecule has 1 heterocycles. The lowest BCUT2D eigenvalue weighted by Crippen LogP contribution is -2.12. The maximum Gasteiger partial charge on any atom is 0.344 e. The summed E-state index contributed by atoms with van der Waals surface area (Å²) in [4.78, 5) is 17.7. The molecule has 3 rings (SSSR count). The molecule has 0 unspecified atom stereocenters. The molecule has 1 N–H and O–H groups in total. The molecule has 0 bridgehead atoms. The molecule has 0 fully saturated rings. The molecule has 0 radical (unpaired) electrons. The van der Waals surface area contributed by atoms with E-state index in [1.54, 1.807) is 25.1 Å². The lowest BCUT2D eigenvalue weighted by atomic mass is 10.1. The van der Waals surface area contributed by atoms with E-state index in [1.807, 2.05) is 31.2 Å². The predicted molar refractivity (Wildman–Crippen MR) is 126 cm³/mol. The summed E-state index contributed by atoms with van der Waals surface area (Å²) in [5.41, 5.74) is 2.32. The molecule has 0 spiro atoms. The van der Waals surface area contributed by atoms with E-state index in [1.165, 1.54) is 33.1 Å². The number of esters is 1. The van der Waals surface area contributed by atoms with Crippen LogP contribution >= 0.6 is 11.8 Å². The van der Waals surface area contributed by atoms with Gasteiger partial charge >= 0.3 is 5.97 Å². The molecule has 7 nitrogen and oxygen atoms in total. The molecule has 1 aliphatic heterocycles. The van der Waals surface area contributed by atoms with Gasteiger partial charge < -0.3 is 24.1 Å². The Kier molecular flexibility index (Phi) is 7.48. The van der Waals surface area contributed by atoms with Crippen molar-refractivity contribution < 1.29 is 28.8 Å². The number of para-hydroxylation sites is 1. The Labute approximate surface area is 191 Å². The van der Waals surface area contributed by atoms with Gasteiger partial charge in [0.2, 0.25) is 5.75 Å². The fraction of sp³-hybridized carbons (Fsp3) is 0.250. The topological polar surface area (TPSA) is 86.6 Å². The number of carbonyl (C=O) groups is 1. The van der Waals surface area contributed by atoms with Crippen LogP contribution in [-0.2, 0) is 9.53 Å². The Morgan fingerprint density at radius 3 is 2.41 bits per heavy atom. The Hall–Kier alpha value is -3.39. The van der Waals surface area contributed by atoms with Crippen molar-refractivity contribution in [3.05, 3.63) is 63.8 Å². The number of hydrogen-bond donors (Lipinski definition) is 1. The largest absolute Gasteiger partial charge is 0.506 e. The first kappa shape index (κ1) is 23.3. The molecule has 2 aromatic rings. The number of aliphatic imine (C=N–C) groups is 1. The number of hydrogen-bond acceptors (Lipinski definition) is 8. The zero-order chi connectivity index (χ0) is 23.3. The smallest absolute Gasteiger partial charge is 0.344 e. The highest BCUT2D eigenvalue weighted by Gasteiger charge is 2.33. The summed E-state index contributed by atoms with van der Waals surface area (Å²) in [6, 6.07) is 11.1. The van der Waals surface area contributed by atoms with Crippen LogP contribution in [0, 0.1) is 6.92 Å². The second kappa shape index (κ2) is 10.3. The maximum absolute atomic E-state index is 12.6. The van der Waals surface area contributed by atoms with Gasteiger partial charge in [0.15, 0.2) is 11.5 Å². The third-order valence-electron chi connectivity index (χ3n) is 4.73. The number of rotatable bonds is 7. The molecule has 1 aliphatic rings. The van der Waals surface area contributed by atoms with Crippen LogP contribution in [0.4, 0.5) is 5.69 Å². The molecule has 0 saturated heterocycles. The molecule has 0 aliphatic carbocycles. The number of aryl methyl sites for hydroxylation is 1. The molecule has 32 heavy (non-hydrogen) atoms. The van der Waals surface area contributed by atoms with Gasteiger partial charge in [-0.25, -0.2) is 9.79 Å². The molecular weight excluding hydrogens is 430 g/mol. The molecule has 168 valence electrons. The van der Waals surface area contributed by atoms with E-state index in [9.17, 15) is 9.90 Å². The van der Waals surface area contributed by atoms with Gasteiger partial charge in [0, 0.05) is 5.56 Å². The normalized spacial score (nSPS) is 15.9. The lowest BCUT2D eigenvalue weighted by Gasteiger charge is -2.14. The molecular formula is C24H25NO6S. The van der Waals surface area contributed by atoms with Crippen LogP contribution < -0.4 is 14.2 Å². The summed E-state index contributed by atoms with van der Waals surface area (Å²) in [5.74, 6) is 0.550. The number of aliphatic hydroxyl groups excluding tert-OH is 1. The Morgan fingerprint density at radius 2 is 1.78 bits per heavy atom. The predicted octanol–water partition coefficient (Wildman–Crippen LogP) is 5.21. The van der Waals surface area contributed by atoms with E-state index in [-0.39, 0.29) is 17.9 Å². The summed E-state index contributed by atoms with van der Waals surface area (Å²) in [6.45, 7) is 3.82. The van der Waals surface area contributed by atoms with Gasteiger partial charge in [0.05, 0.1) is 38.5 Å². The number of aliphatic hydroxyl groups is 1. The van der Waals surface area contributed by atoms with Crippen LogP contribution in [0.1, 0.15) is 18.1 Å². The van der Waals surface area contributed by atoms with Gasteiger partial charge in [0.1, 0.15) is 16.4 Å². The van der Waals surface area contributed by atoms with E-state index in [0.29, 0.717) is 38.4 Å². The minimum absolute atomic E-state index is 0.0331. The summed E-state index contributed by atoms with van der Waals surface area (Å²) in [6.07, 6.45) is 1.71. The molecule has 2 aromatic carbocycles. The van der Waals surface area contributed by atoms with E-state index in [4.69, 9.17) is 18.9 Å². The number of benzene rings is 2. The molecule has 0 aromatic heterocycles. The first-order valence-corrected chi connectivity index (χ1v) is 10.7. The maximum atomic E-state index is 12.6. The van der Waals surface area contributed by atoms with Gasteiger partial charge in [-0.1, -0.05) is 30.0 Å². The Balaban J connectivity index is 2.13. The van der Waals surface area contributed by atoms with Crippen LogP contribution in [0.25, 0.3) is 6.08 Å². The quantitative estimate of drug-likeness (QED) is 0.573. The van der Waals surface area contributed by atoms with Crippen molar-refractivity contribution in [2.24, 2.45) is 4.99 Å². The number of nitrogens with zero attached hydrogens (tertiary/aromatic N) is 1. The fourth-order valence-corrected chi connectivity index (χ4v) is 4.19. The van der Waals surface area contributed by atoms with E-state index in [2.05, 4.69) is 4.99 Å². The van der Waals surface area contributed by atoms with Crippen molar-refractivity contribution in [3.63, 3.8) is 0 Å². The zero-order valence-corrected chi connectivity index (χ0v) is 19.4. The van der Waals surface area contributed by atoms with E-state index < -0.39 is 5.97 Å². The average molecular weight is 456 g/mol. The number of methoxy groups -OCH3 is 3. The summed E-state index contributed by atoms with van der Waals surface area (Å²) in [7, 11) is 4.58. The van der Waals surface area contributed by atoms with Gasteiger partial charge in [-0.3, -0.25) is 0 Å². The second-order valence-corrected chi connectivity index (χ2v) is 7.71. The highest BCUT2D eigenvalue weighted by atomic mass is 32.2. The van der Waals surface area contributed by atoms with Crippen molar-refractivity contribution >= 4 is 34.5 Å².